The van der Waals surface area contributed by atoms with Crippen LogP contribution in [0, 0.1) is 0 Å². The highest BCUT2D eigenvalue weighted by Gasteiger charge is 2.11. The molecule has 0 aliphatic heterocycles. The Labute approximate surface area is 97.4 Å². The van der Waals surface area contributed by atoms with Crippen LogP contribution in [0.1, 0.15) is 16.1 Å². The molecule has 17 heavy (non-hydrogen) atoms. The minimum absolute atomic E-state index is 0.0723. The van der Waals surface area contributed by atoms with E-state index in [0.29, 0.717) is 23.5 Å². The summed E-state index contributed by atoms with van der Waals surface area (Å²) >= 11 is 0. The molecule has 2 heterocycles. The number of hydrogen-bond acceptors (Lipinski definition) is 6. The molecule has 0 amide bonds. The lowest BCUT2D eigenvalue weighted by Gasteiger charge is -2.03. The van der Waals surface area contributed by atoms with Gasteiger partial charge in [0.15, 0.2) is 5.78 Å². The lowest BCUT2D eigenvalue weighted by atomic mass is 10.1. The van der Waals surface area contributed by atoms with E-state index in [9.17, 15) is 4.79 Å². The first-order valence-electron chi connectivity index (χ1n) is 5.02. The van der Waals surface area contributed by atoms with Crippen molar-refractivity contribution in [2.24, 2.45) is 5.73 Å². The van der Waals surface area contributed by atoms with Gasteiger partial charge in [-0.1, -0.05) is 5.21 Å². The van der Waals surface area contributed by atoms with Gasteiger partial charge in [-0.15, -0.1) is 5.10 Å². The van der Waals surface area contributed by atoms with Gasteiger partial charge in [0, 0.05) is 24.6 Å². The molecule has 0 aromatic carbocycles. The minimum atomic E-state index is -0.163. The number of anilines is 1. The van der Waals surface area contributed by atoms with Crippen LogP contribution in [0.25, 0.3) is 0 Å². The molecule has 0 spiro atoms. The number of aromatic nitrogens is 4. The number of nitrogen functional groups attached to an aromatic ring is 1. The van der Waals surface area contributed by atoms with Crippen molar-refractivity contribution in [2.45, 2.75) is 13.1 Å². The van der Waals surface area contributed by atoms with E-state index in [2.05, 4.69) is 15.3 Å². The number of pyridine rings is 1. The fourth-order valence-corrected chi connectivity index (χ4v) is 1.38. The molecule has 2 aromatic heterocycles. The van der Waals surface area contributed by atoms with Crippen molar-refractivity contribution in [3.63, 3.8) is 0 Å². The molecule has 0 fully saturated rings. The first-order valence-corrected chi connectivity index (χ1v) is 5.02. The normalized spacial score (nSPS) is 10.4. The van der Waals surface area contributed by atoms with Crippen molar-refractivity contribution in [1.29, 1.82) is 0 Å². The Hall–Kier alpha value is -2.28. The summed E-state index contributed by atoms with van der Waals surface area (Å²) in [6.07, 6.45) is 4.61. The van der Waals surface area contributed by atoms with Gasteiger partial charge >= 0.3 is 0 Å². The summed E-state index contributed by atoms with van der Waals surface area (Å²) in [5.41, 5.74) is 12.5. The number of carbonyl (C=O) groups is 1. The first kappa shape index (κ1) is 11.2. The van der Waals surface area contributed by atoms with Crippen molar-refractivity contribution in [2.75, 3.05) is 5.73 Å². The fraction of sp³-hybridized carbons (Fsp3) is 0.200. The number of carbonyl (C=O) groups excluding carboxylic acids is 1. The highest BCUT2D eigenvalue weighted by atomic mass is 16.1. The van der Waals surface area contributed by atoms with Crippen molar-refractivity contribution in [3.8, 4) is 0 Å². The monoisotopic (exact) mass is 232 g/mol. The van der Waals surface area contributed by atoms with Crippen LogP contribution in [-0.4, -0.2) is 25.8 Å². The number of hydrogen-bond donors (Lipinski definition) is 2. The summed E-state index contributed by atoms with van der Waals surface area (Å²) < 4.78 is 1.43. The molecule has 7 heteroatoms. The zero-order valence-electron chi connectivity index (χ0n) is 9.08. The smallest absolute Gasteiger partial charge is 0.187 e. The van der Waals surface area contributed by atoms with Gasteiger partial charge in [0.1, 0.15) is 6.54 Å². The molecule has 0 saturated heterocycles. The van der Waals surface area contributed by atoms with Gasteiger partial charge in [-0.3, -0.25) is 9.78 Å². The summed E-state index contributed by atoms with van der Waals surface area (Å²) in [5, 5.41) is 7.58. The van der Waals surface area contributed by atoms with Crippen LogP contribution in [-0.2, 0) is 13.1 Å². The molecule has 7 nitrogen and oxygen atoms in total. The Balaban J connectivity index is 2.14. The zero-order valence-corrected chi connectivity index (χ0v) is 9.08. The maximum absolute atomic E-state index is 11.9. The van der Waals surface area contributed by atoms with Gasteiger partial charge in [-0.05, 0) is 6.07 Å². The lowest BCUT2D eigenvalue weighted by molar-refractivity contribution is 0.0967. The number of Topliss-reactive ketones (excluding diaryl/α,β-unsaturated/α-hetero) is 1. The third kappa shape index (κ3) is 2.45. The lowest BCUT2D eigenvalue weighted by Crippen LogP contribution is -2.13. The molecule has 0 radical (unpaired) electrons. The van der Waals surface area contributed by atoms with Gasteiger partial charge in [0.2, 0.25) is 0 Å². The van der Waals surface area contributed by atoms with E-state index >= 15 is 0 Å². The van der Waals surface area contributed by atoms with Crippen LogP contribution in [0.5, 0.6) is 0 Å². The molecule has 0 unspecified atom stereocenters. The zero-order chi connectivity index (χ0) is 12.3. The van der Waals surface area contributed by atoms with Gasteiger partial charge in [-0.2, -0.15) is 0 Å². The van der Waals surface area contributed by atoms with Crippen LogP contribution < -0.4 is 11.5 Å². The molecule has 0 atom stereocenters. The molecule has 0 saturated carbocycles. The SMILES string of the molecule is NCc1cn(CC(=O)c2cnccc2N)nn1. The van der Waals surface area contributed by atoms with E-state index < -0.39 is 0 Å². The summed E-state index contributed by atoms with van der Waals surface area (Å²) in [6.45, 7) is 0.367. The second kappa shape index (κ2) is 4.71. The summed E-state index contributed by atoms with van der Waals surface area (Å²) in [7, 11) is 0. The Morgan fingerprint density at radius 2 is 2.29 bits per heavy atom. The average Bonchev–Trinajstić information content (AvgIpc) is 2.77. The van der Waals surface area contributed by atoms with Gasteiger partial charge in [0.05, 0.1) is 17.5 Å². The number of nitrogens with zero attached hydrogens (tertiary/aromatic N) is 4. The van der Waals surface area contributed by atoms with Crippen LogP contribution in [0.2, 0.25) is 0 Å². The highest BCUT2D eigenvalue weighted by Crippen LogP contribution is 2.10. The quantitative estimate of drug-likeness (QED) is 0.693. The fourth-order valence-electron chi connectivity index (χ4n) is 1.38. The molecule has 2 aromatic rings. The van der Waals surface area contributed by atoms with E-state index in [1.807, 2.05) is 0 Å². The predicted molar refractivity (Wildman–Crippen MR) is 60.9 cm³/mol. The van der Waals surface area contributed by atoms with E-state index in [-0.39, 0.29) is 12.3 Å². The Morgan fingerprint density at radius 3 is 2.94 bits per heavy atom. The van der Waals surface area contributed by atoms with Crippen LogP contribution in [0.15, 0.2) is 24.7 Å². The third-order valence-electron chi connectivity index (χ3n) is 2.26. The second-order valence-electron chi connectivity index (χ2n) is 3.50. The van der Waals surface area contributed by atoms with Gasteiger partial charge in [0.25, 0.3) is 0 Å². The molecule has 0 bridgehead atoms. The van der Waals surface area contributed by atoms with E-state index in [1.165, 1.54) is 17.1 Å². The minimum Gasteiger partial charge on any atom is -0.398 e. The van der Waals surface area contributed by atoms with Crippen molar-refractivity contribution in [1.82, 2.24) is 20.0 Å². The molecule has 4 N–H and O–H groups in total. The number of rotatable bonds is 4. The topological polar surface area (TPSA) is 113 Å². The van der Waals surface area contributed by atoms with Gasteiger partial charge < -0.3 is 11.5 Å². The summed E-state index contributed by atoms with van der Waals surface area (Å²) in [6, 6.07) is 1.58. The Morgan fingerprint density at radius 1 is 1.47 bits per heavy atom. The van der Waals surface area contributed by atoms with Crippen molar-refractivity contribution in [3.05, 3.63) is 35.9 Å². The number of ketones is 1. The highest BCUT2D eigenvalue weighted by molar-refractivity contribution is 6.00. The Kier molecular flexibility index (Phi) is 3.10. The first-order chi connectivity index (χ1) is 8.20. The molecule has 2 rings (SSSR count). The molecular formula is C10H12N6O. The van der Waals surface area contributed by atoms with E-state index in [0.717, 1.165) is 0 Å². The average molecular weight is 232 g/mol. The largest absolute Gasteiger partial charge is 0.398 e. The molecular weight excluding hydrogens is 220 g/mol. The van der Waals surface area contributed by atoms with Crippen molar-refractivity contribution >= 4 is 11.5 Å². The Bertz CT molecular complexity index is 535. The maximum atomic E-state index is 11.9. The maximum Gasteiger partial charge on any atom is 0.187 e. The van der Waals surface area contributed by atoms with Crippen molar-refractivity contribution < 1.29 is 4.79 Å². The predicted octanol–water partition coefficient (Wildman–Crippen LogP) is -0.403. The summed E-state index contributed by atoms with van der Waals surface area (Å²) in [4.78, 5) is 15.8. The van der Waals surface area contributed by atoms with Crippen LogP contribution >= 0.6 is 0 Å². The standard InChI is InChI=1S/C10H12N6O/c11-3-7-5-16(15-14-7)6-10(17)8-4-13-2-1-9(8)12/h1-2,4-5H,3,6,11H2,(H2,12,13). The summed E-state index contributed by atoms with van der Waals surface area (Å²) in [5.74, 6) is -0.163. The number of nitrogens with two attached hydrogens (primary N) is 2. The van der Waals surface area contributed by atoms with Crippen LogP contribution in [0.4, 0.5) is 5.69 Å². The van der Waals surface area contributed by atoms with Crippen LogP contribution in [0.3, 0.4) is 0 Å². The molecule has 0 aliphatic carbocycles. The second-order valence-corrected chi connectivity index (χ2v) is 3.50. The third-order valence-corrected chi connectivity index (χ3v) is 2.26. The molecule has 88 valence electrons. The van der Waals surface area contributed by atoms with Gasteiger partial charge in [-0.25, -0.2) is 4.68 Å². The van der Waals surface area contributed by atoms with E-state index in [4.69, 9.17) is 11.5 Å². The molecule has 0 aliphatic rings. The van der Waals surface area contributed by atoms with E-state index in [1.54, 1.807) is 12.3 Å².